The Morgan fingerprint density at radius 3 is 2.29 bits per heavy atom. The van der Waals surface area contributed by atoms with E-state index in [2.05, 4.69) is 41.1 Å². The highest BCUT2D eigenvalue weighted by atomic mass is 15.1. The zero-order valence-electron chi connectivity index (χ0n) is 14.2. The lowest BCUT2D eigenvalue weighted by atomic mass is 9.47. The number of piperidine rings is 1. The Bertz CT molecular complexity index is 719. The van der Waals surface area contributed by atoms with Gasteiger partial charge in [0.25, 0.3) is 0 Å². The van der Waals surface area contributed by atoms with Crippen molar-refractivity contribution < 1.29 is 0 Å². The number of likely N-dealkylation sites (tertiary alicyclic amines) is 1. The highest BCUT2D eigenvalue weighted by Gasteiger charge is 2.63. The van der Waals surface area contributed by atoms with Gasteiger partial charge < -0.3 is 15.5 Å². The molecule has 0 aromatic carbocycles. The van der Waals surface area contributed by atoms with Crippen LogP contribution in [0.3, 0.4) is 0 Å². The molecule has 24 heavy (non-hydrogen) atoms. The molecule has 0 saturated carbocycles. The largest absolute Gasteiger partial charge is 0.399 e. The molecule has 1 saturated heterocycles. The molecule has 1 spiro atoms. The summed E-state index contributed by atoms with van der Waals surface area (Å²) in [5.41, 5.74) is 5.80. The molecule has 1 atom stereocenters. The van der Waals surface area contributed by atoms with Crippen molar-refractivity contribution in [3.8, 4) is 18.2 Å². The third kappa shape index (κ3) is 1.93. The van der Waals surface area contributed by atoms with Crippen LogP contribution in [0.5, 0.6) is 0 Å². The molecule has 0 aromatic rings. The van der Waals surface area contributed by atoms with Gasteiger partial charge in [-0.05, 0) is 45.6 Å². The molecule has 0 unspecified atom stereocenters. The summed E-state index contributed by atoms with van der Waals surface area (Å²) in [4.78, 5) is 4.41. The molecule has 6 heteroatoms. The number of nitrogens with zero attached hydrogens (tertiary/aromatic N) is 5. The number of fused-ring (bicyclic) bond motifs is 2. The lowest BCUT2D eigenvalue weighted by molar-refractivity contribution is -0.00138. The Morgan fingerprint density at radius 2 is 1.75 bits per heavy atom. The monoisotopic (exact) mass is 322 g/mol. The van der Waals surface area contributed by atoms with Crippen LogP contribution < -0.4 is 5.73 Å². The van der Waals surface area contributed by atoms with Crippen molar-refractivity contribution in [1.82, 2.24) is 9.80 Å². The van der Waals surface area contributed by atoms with Gasteiger partial charge in [0.1, 0.15) is 6.07 Å². The minimum absolute atomic E-state index is 0.00815. The summed E-state index contributed by atoms with van der Waals surface area (Å²) >= 11 is 0. The average Bonchev–Trinajstić information content (AvgIpc) is 2.59. The summed E-state index contributed by atoms with van der Waals surface area (Å²) in [6.45, 7) is 3.16. The molecular weight excluding hydrogens is 300 g/mol. The first-order chi connectivity index (χ1) is 11.5. The Balaban J connectivity index is 2.30. The molecule has 0 aromatic heterocycles. The number of hydrogen-bond donors (Lipinski definition) is 1. The summed E-state index contributed by atoms with van der Waals surface area (Å²) < 4.78 is 0. The predicted molar refractivity (Wildman–Crippen MR) is 88.7 cm³/mol. The van der Waals surface area contributed by atoms with Crippen molar-refractivity contribution in [2.75, 3.05) is 40.3 Å². The van der Waals surface area contributed by atoms with Crippen LogP contribution in [-0.4, -0.2) is 50.1 Å². The van der Waals surface area contributed by atoms with Crippen molar-refractivity contribution in [3.63, 3.8) is 0 Å². The van der Waals surface area contributed by atoms with Gasteiger partial charge in [0.15, 0.2) is 5.41 Å². The molecule has 2 aliphatic heterocycles. The molecule has 124 valence electrons. The van der Waals surface area contributed by atoms with Gasteiger partial charge in [0.2, 0.25) is 0 Å². The fourth-order valence-corrected chi connectivity index (χ4v) is 4.74. The van der Waals surface area contributed by atoms with Crippen LogP contribution in [0.15, 0.2) is 22.9 Å². The Morgan fingerprint density at radius 1 is 1.12 bits per heavy atom. The van der Waals surface area contributed by atoms with Crippen molar-refractivity contribution in [3.05, 3.63) is 22.9 Å². The maximum atomic E-state index is 10.0. The summed E-state index contributed by atoms with van der Waals surface area (Å²) in [5.74, 6) is -0.00815. The van der Waals surface area contributed by atoms with Crippen molar-refractivity contribution in [1.29, 1.82) is 15.8 Å². The first kappa shape index (κ1) is 16.5. The lowest BCUT2D eigenvalue weighted by Crippen LogP contribution is -2.59. The number of nitrogens with two attached hydrogens (primary N) is 1. The second-order valence-corrected chi connectivity index (χ2v) is 7.27. The normalized spacial score (nSPS) is 29.1. The summed E-state index contributed by atoms with van der Waals surface area (Å²) in [6, 6.07) is 6.67. The quantitative estimate of drug-likeness (QED) is 0.712. The molecular formula is C18H22N6. The molecule has 3 aliphatic rings. The second-order valence-electron chi connectivity index (χ2n) is 7.27. The fraction of sp³-hybridized carbons (Fsp3) is 0.611. The SMILES string of the molecule is CN1CCC2(CC1)[C@H]1CN(C)CC=C1C(C#N)=C(N)C2(C#N)C#N. The van der Waals surface area contributed by atoms with Gasteiger partial charge in [-0.15, -0.1) is 0 Å². The predicted octanol–water partition coefficient (Wildman–Crippen LogP) is 0.970. The first-order valence-corrected chi connectivity index (χ1v) is 8.26. The van der Waals surface area contributed by atoms with E-state index >= 15 is 0 Å². The van der Waals surface area contributed by atoms with Crippen molar-refractivity contribution >= 4 is 0 Å². The molecule has 1 aliphatic carbocycles. The van der Waals surface area contributed by atoms with Gasteiger partial charge in [-0.25, -0.2) is 0 Å². The summed E-state index contributed by atoms with van der Waals surface area (Å²) in [5, 5.41) is 29.7. The standard InChI is InChI=1S/C18H22N6/c1-23-7-4-17(5-8-23)15-10-24(2)6-3-13(15)14(9-19)16(22)18(17,11-20)12-21/h3,15H,4-8,10,22H2,1-2H3/t15-/m0/s1. The van der Waals surface area contributed by atoms with Crippen molar-refractivity contribution in [2.45, 2.75) is 12.8 Å². The number of hydrogen-bond acceptors (Lipinski definition) is 6. The van der Waals surface area contributed by atoms with E-state index in [1.807, 2.05) is 7.05 Å². The van der Waals surface area contributed by atoms with Gasteiger partial charge in [-0.2, -0.15) is 15.8 Å². The van der Waals surface area contributed by atoms with Crippen LogP contribution in [0.2, 0.25) is 0 Å². The number of nitriles is 3. The highest BCUT2D eigenvalue weighted by molar-refractivity contribution is 5.58. The lowest BCUT2D eigenvalue weighted by Gasteiger charge is -2.56. The van der Waals surface area contributed by atoms with Gasteiger partial charge >= 0.3 is 0 Å². The van der Waals surface area contributed by atoms with Crippen LogP contribution in [0, 0.1) is 50.7 Å². The maximum Gasteiger partial charge on any atom is 0.190 e. The molecule has 0 radical (unpaired) electrons. The van der Waals surface area contributed by atoms with Crippen LogP contribution in [-0.2, 0) is 0 Å². The number of rotatable bonds is 0. The van der Waals surface area contributed by atoms with E-state index in [1.165, 1.54) is 0 Å². The smallest absolute Gasteiger partial charge is 0.190 e. The highest BCUT2D eigenvalue weighted by Crippen LogP contribution is 2.61. The van der Waals surface area contributed by atoms with E-state index < -0.39 is 10.8 Å². The van der Waals surface area contributed by atoms with E-state index in [4.69, 9.17) is 5.73 Å². The van der Waals surface area contributed by atoms with Gasteiger partial charge in [-0.1, -0.05) is 6.08 Å². The van der Waals surface area contributed by atoms with Gasteiger partial charge in [0, 0.05) is 24.4 Å². The van der Waals surface area contributed by atoms with E-state index in [1.54, 1.807) is 0 Å². The Hall–Kier alpha value is -2.33. The average molecular weight is 322 g/mol. The van der Waals surface area contributed by atoms with Crippen LogP contribution in [0.1, 0.15) is 12.8 Å². The molecule has 2 heterocycles. The van der Waals surface area contributed by atoms with Crippen LogP contribution >= 0.6 is 0 Å². The van der Waals surface area contributed by atoms with Crippen molar-refractivity contribution in [2.24, 2.45) is 22.5 Å². The Kier molecular flexibility index (Phi) is 3.88. The van der Waals surface area contributed by atoms with Crippen LogP contribution in [0.4, 0.5) is 0 Å². The fourth-order valence-electron chi connectivity index (χ4n) is 4.74. The molecule has 0 amide bonds. The molecule has 0 bridgehead atoms. The number of likely N-dealkylation sites (N-methyl/N-ethyl adjacent to an activating group) is 1. The minimum atomic E-state index is -1.43. The third-order valence-electron chi connectivity index (χ3n) is 6.19. The van der Waals surface area contributed by atoms with Gasteiger partial charge in [0.05, 0.1) is 23.4 Å². The molecule has 2 N–H and O–H groups in total. The van der Waals surface area contributed by atoms with Gasteiger partial charge in [-0.3, -0.25) is 0 Å². The first-order valence-electron chi connectivity index (χ1n) is 8.26. The summed E-state index contributed by atoms with van der Waals surface area (Å²) in [6.07, 6.45) is 3.53. The van der Waals surface area contributed by atoms with E-state index in [-0.39, 0.29) is 11.6 Å². The zero-order valence-corrected chi connectivity index (χ0v) is 14.2. The topological polar surface area (TPSA) is 104 Å². The van der Waals surface area contributed by atoms with E-state index in [0.29, 0.717) is 5.57 Å². The minimum Gasteiger partial charge on any atom is -0.399 e. The molecule has 3 rings (SSSR count). The Labute approximate surface area is 143 Å². The van der Waals surface area contributed by atoms with E-state index in [9.17, 15) is 15.8 Å². The molecule has 6 nitrogen and oxygen atoms in total. The third-order valence-corrected chi connectivity index (χ3v) is 6.19. The second kappa shape index (κ2) is 5.64. The van der Waals surface area contributed by atoms with E-state index in [0.717, 1.165) is 44.6 Å². The zero-order chi connectivity index (χ0) is 17.5. The molecule has 1 fully saturated rings. The summed E-state index contributed by atoms with van der Waals surface area (Å²) in [7, 11) is 4.09. The number of allylic oxidation sites excluding steroid dienone is 2. The van der Waals surface area contributed by atoms with Crippen LogP contribution in [0.25, 0.3) is 0 Å². The maximum absolute atomic E-state index is 10.0.